The Hall–Kier alpha value is -2.82. The van der Waals surface area contributed by atoms with Gasteiger partial charge in [-0.15, -0.1) is 0 Å². The van der Waals surface area contributed by atoms with Crippen LogP contribution in [0.5, 0.6) is 0 Å². The first-order chi connectivity index (χ1) is 12.0. The lowest BCUT2D eigenvalue weighted by Crippen LogP contribution is -2.34. The van der Waals surface area contributed by atoms with Crippen molar-refractivity contribution in [2.45, 2.75) is 12.2 Å². The third kappa shape index (κ3) is 4.42. The number of rotatable bonds is 6. The van der Waals surface area contributed by atoms with Gasteiger partial charge in [-0.05, 0) is 24.3 Å². The summed E-state index contributed by atoms with van der Waals surface area (Å²) >= 11 is 0. The van der Waals surface area contributed by atoms with Gasteiger partial charge in [-0.25, -0.2) is 4.79 Å². The second-order valence-electron chi connectivity index (χ2n) is 5.77. The number of nitrogens with two attached hydrogens (primary N) is 1. The highest BCUT2D eigenvalue weighted by molar-refractivity contribution is 5.85. The van der Waals surface area contributed by atoms with Gasteiger partial charge in [-0.3, -0.25) is 14.9 Å². The smallest absolute Gasteiger partial charge is 0.416 e. The van der Waals surface area contributed by atoms with E-state index in [4.69, 9.17) is 20.7 Å². The molecule has 5 N–H and O–H groups in total. The number of halogens is 3. The van der Waals surface area contributed by atoms with Crippen molar-refractivity contribution in [1.29, 1.82) is 0 Å². The molecule has 1 fully saturated rings. The van der Waals surface area contributed by atoms with E-state index in [1.165, 1.54) is 0 Å². The van der Waals surface area contributed by atoms with Crippen LogP contribution in [0.4, 0.5) is 23.7 Å². The van der Waals surface area contributed by atoms with E-state index < -0.39 is 53.6 Å². The first kappa shape index (κ1) is 19.5. The molecule has 1 aliphatic carbocycles. The van der Waals surface area contributed by atoms with Crippen LogP contribution in [-0.4, -0.2) is 40.9 Å². The second kappa shape index (κ2) is 7.20. The van der Waals surface area contributed by atoms with Gasteiger partial charge in [0.15, 0.2) is 0 Å². The quantitative estimate of drug-likeness (QED) is 0.591. The van der Waals surface area contributed by atoms with Crippen LogP contribution in [0.3, 0.4) is 0 Å². The lowest BCUT2D eigenvalue weighted by atomic mass is 10.1. The maximum absolute atomic E-state index is 12.4. The number of benzene rings is 1. The molecule has 1 aliphatic rings. The van der Waals surface area contributed by atoms with E-state index in [-0.39, 0.29) is 12.3 Å². The number of carboxylic acid groups (broad SMARTS) is 2. The van der Waals surface area contributed by atoms with Gasteiger partial charge in [0.2, 0.25) is 0 Å². The molecule has 0 saturated heterocycles. The minimum Gasteiger partial charge on any atom is -0.481 e. The van der Waals surface area contributed by atoms with E-state index in [1.54, 1.807) is 0 Å². The van der Waals surface area contributed by atoms with Crippen LogP contribution in [-0.2, 0) is 20.5 Å². The molecule has 2 rings (SSSR count). The van der Waals surface area contributed by atoms with E-state index in [0.717, 1.165) is 24.3 Å². The van der Waals surface area contributed by atoms with Gasteiger partial charge in [-0.2, -0.15) is 13.2 Å². The number of carboxylic acids is 2. The zero-order valence-corrected chi connectivity index (χ0v) is 13.1. The molecule has 0 aromatic heterocycles. The van der Waals surface area contributed by atoms with Crippen LogP contribution >= 0.6 is 0 Å². The van der Waals surface area contributed by atoms with E-state index in [9.17, 15) is 27.6 Å². The van der Waals surface area contributed by atoms with Crippen molar-refractivity contribution in [3.63, 3.8) is 0 Å². The third-order valence-electron chi connectivity index (χ3n) is 4.08. The zero-order chi connectivity index (χ0) is 19.6. The summed E-state index contributed by atoms with van der Waals surface area (Å²) in [6.07, 6.45) is -5.52. The normalized spacial score (nSPS) is 23.0. The predicted molar refractivity (Wildman–Crippen MR) is 80.1 cm³/mol. The highest BCUT2D eigenvalue weighted by Gasteiger charge is 2.60. The van der Waals surface area contributed by atoms with Gasteiger partial charge < -0.3 is 20.7 Å². The van der Waals surface area contributed by atoms with Crippen molar-refractivity contribution < 1.29 is 42.5 Å². The average molecular weight is 376 g/mol. The molecule has 0 heterocycles. The van der Waals surface area contributed by atoms with Gasteiger partial charge in [0, 0.05) is 17.5 Å². The maximum atomic E-state index is 12.4. The number of anilines is 1. The fraction of sp³-hybridized carbons (Fsp3) is 0.400. The minimum atomic E-state index is -4.51. The summed E-state index contributed by atoms with van der Waals surface area (Å²) in [7, 11) is 0. The Morgan fingerprint density at radius 1 is 1.19 bits per heavy atom. The van der Waals surface area contributed by atoms with Crippen LogP contribution in [0.2, 0.25) is 0 Å². The number of aliphatic carboxylic acids is 2. The third-order valence-corrected chi connectivity index (χ3v) is 4.08. The molecule has 0 radical (unpaired) electrons. The molecule has 8 nitrogen and oxygen atoms in total. The molecule has 4 atom stereocenters. The minimum absolute atomic E-state index is 0.0485. The fourth-order valence-electron chi connectivity index (χ4n) is 2.69. The molecule has 0 bridgehead atoms. The standard InChI is InChI=1S/C15H15F3N2O6/c16-15(17,18)6-1-3-7(4-2-6)20-14(25)26-5-8-9(10(8)12(21)22)11(19)13(23)24/h1-4,8-11H,5,19H2,(H,20,25)(H,21,22)(H,23,24)/t8-,9+,10+,11+/m0/s1. The Balaban J connectivity index is 1.88. The molecular weight excluding hydrogens is 361 g/mol. The number of hydrogen-bond acceptors (Lipinski definition) is 5. The van der Waals surface area contributed by atoms with Gasteiger partial charge >= 0.3 is 24.2 Å². The number of carbonyl (C=O) groups excluding carboxylic acids is 1. The van der Waals surface area contributed by atoms with Crippen molar-refractivity contribution in [1.82, 2.24) is 0 Å². The van der Waals surface area contributed by atoms with E-state index in [1.807, 2.05) is 0 Å². The van der Waals surface area contributed by atoms with Crippen molar-refractivity contribution in [3.8, 4) is 0 Å². The Morgan fingerprint density at radius 2 is 1.77 bits per heavy atom. The molecule has 1 aromatic carbocycles. The van der Waals surface area contributed by atoms with Gasteiger partial charge in [-0.1, -0.05) is 0 Å². The summed E-state index contributed by atoms with van der Waals surface area (Å²) in [6.45, 7) is -0.380. The Bertz CT molecular complexity index is 706. The summed E-state index contributed by atoms with van der Waals surface area (Å²) in [4.78, 5) is 33.6. The van der Waals surface area contributed by atoms with Crippen molar-refractivity contribution in [2.24, 2.45) is 23.5 Å². The van der Waals surface area contributed by atoms with Crippen LogP contribution in [0, 0.1) is 17.8 Å². The van der Waals surface area contributed by atoms with Crippen LogP contribution in [0.1, 0.15) is 5.56 Å². The van der Waals surface area contributed by atoms with E-state index in [2.05, 4.69) is 5.32 Å². The Morgan fingerprint density at radius 3 is 2.23 bits per heavy atom. The van der Waals surface area contributed by atoms with Crippen LogP contribution in [0.15, 0.2) is 24.3 Å². The number of nitrogens with one attached hydrogen (secondary N) is 1. The molecule has 142 valence electrons. The monoisotopic (exact) mass is 376 g/mol. The summed E-state index contributed by atoms with van der Waals surface area (Å²) in [5.74, 6) is -5.28. The van der Waals surface area contributed by atoms with Gasteiger partial charge in [0.05, 0.1) is 18.1 Å². The number of carbonyl (C=O) groups is 3. The summed E-state index contributed by atoms with van der Waals surface area (Å²) < 4.78 is 42.2. The lowest BCUT2D eigenvalue weighted by molar-refractivity contribution is -0.141. The van der Waals surface area contributed by atoms with Gasteiger partial charge in [0.1, 0.15) is 6.04 Å². The average Bonchev–Trinajstić information content (AvgIpc) is 3.26. The molecule has 1 amide bonds. The number of hydrogen-bond donors (Lipinski definition) is 4. The molecular formula is C15H15F3N2O6. The number of ether oxygens (including phenoxy) is 1. The Labute approximate surface area is 144 Å². The second-order valence-corrected chi connectivity index (χ2v) is 5.77. The van der Waals surface area contributed by atoms with Gasteiger partial charge in [0.25, 0.3) is 0 Å². The van der Waals surface area contributed by atoms with Crippen molar-refractivity contribution in [2.75, 3.05) is 11.9 Å². The van der Waals surface area contributed by atoms with Crippen molar-refractivity contribution in [3.05, 3.63) is 29.8 Å². The number of alkyl halides is 3. The SMILES string of the molecule is N[C@@H](C(=O)O)[C@@H]1[C@H](COC(=O)Nc2ccc(C(F)(F)F)cc2)[C@H]1C(=O)O. The summed E-state index contributed by atoms with van der Waals surface area (Å²) in [5.41, 5.74) is 4.57. The van der Waals surface area contributed by atoms with Crippen LogP contribution < -0.4 is 11.1 Å². The fourth-order valence-corrected chi connectivity index (χ4v) is 2.69. The number of amides is 1. The molecule has 0 unspecified atom stereocenters. The van der Waals surface area contributed by atoms with E-state index >= 15 is 0 Å². The molecule has 0 aliphatic heterocycles. The summed E-state index contributed by atoms with van der Waals surface area (Å²) in [6, 6.07) is 2.22. The highest BCUT2D eigenvalue weighted by atomic mass is 19.4. The summed E-state index contributed by atoms with van der Waals surface area (Å²) in [5, 5.41) is 20.1. The molecule has 11 heteroatoms. The van der Waals surface area contributed by atoms with Crippen molar-refractivity contribution >= 4 is 23.7 Å². The maximum Gasteiger partial charge on any atom is 0.416 e. The Kier molecular flexibility index (Phi) is 5.40. The molecule has 1 saturated carbocycles. The molecule has 1 aromatic rings. The lowest BCUT2D eigenvalue weighted by Gasteiger charge is -2.09. The van der Waals surface area contributed by atoms with E-state index in [0.29, 0.717) is 0 Å². The zero-order valence-electron chi connectivity index (χ0n) is 13.1. The first-order valence-corrected chi connectivity index (χ1v) is 7.34. The molecule has 26 heavy (non-hydrogen) atoms. The van der Waals surface area contributed by atoms with Crippen LogP contribution in [0.25, 0.3) is 0 Å². The predicted octanol–water partition coefficient (Wildman–Crippen LogP) is 1.61. The topological polar surface area (TPSA) is 139 Å². The first-order valence-electron chi connectivity index (χ1n) is 7.34. The highest BCUT2D eigenvalue weighted by Crippen LogP contribution is 2.48. The molecule has 0 spiro atoms. The largest absolute Gasteiger partial charge is 0.481 e.